The Morgan fingerprint density at radius 2 is 1.84 bits per heavy atom. The van der Waals surface area contributed by atoms with Crippen molar-refractivity contribution in [1.29, 1.82) is 0 Å². The van der Waals surface area contributed by atoms with Gasteiger partial charge in [-0.1, -0.05) is 48.3 Å². The van der Waals surface area contributed by atoms with Crippen LogP contribution in [0.1, 0.15) is 50.2 Å². The molecule has 31 heavy (non-hydrogen) atoms. The summed E-state index contributed by atoms with van der Waals surface area (Å²) >= 11 is 13.1. The number of nitrogens with one attached hydrogen (secondary N) is 1. The highest BCUT2D eigenvalue weighted by Gasteiger charge is 2.35. The molecule has 2 amide bonds. The molecule has 3 nitrogen and oxygen atoms in total. The summed E-state index contributed by atoms with van der Waals surface area (Å²) in [7, 11) is 0. The zero-order chi connectivity index (χ0) is 21.8. The van der Waals surface area contributed by atoms with Crippen LogP contribution in [0.3, 0.4) is 0 Å². The molecule has 3 atom stereocenters. The van der Waals surface area contributed by atoms with Crippen LogP contribution < -0.4 is 5.32 Å². The van der Waals surface area contributed by atoms with Gasteiger partial charge in [0.2, 0.25) is 0 Å². The van der Waals surface area contributed by atoms with Crippen molar-refractivity contribution in [2.75, 3.05) is 18.4 Å². The second-order valence-corrected chi connectivity index (χ2v) is 9.97. The highest BCUT2D eigenvalue weighted by atomic mass is 35.5. The zero-order valence-electron chi connectivity index (χ0n) is 18.2. The molecule has 5 rings (SSSR count). The number of benzene rings is 2. The van der Waals surface area contributed by atoms with Crippen molar-refractivity contribution in [3.05, 3.63) is 63.6 Å². The van der Waals surface area contributed by atoms with Crippen LogP contribution in [0.2, 0.25) is 10.0 Å². The van der Waals surface area contributed by atoms with Crippen molar-refractivity contribution in [3.63, 3.8) is 0 Å². The molecular weight excluding hydrogens is 427 g/mol. The molecule has 2 aromatic rings. The average Bonchev–Trinajstić information content (AvgIpc) is 2.74. The predicted molar refractivity (Wildman–Crippen MR) is 130 cm³/mol. The summed E-state index contributed by atoms with van der Waals surface area (Å²) in [5.74, 6) is 1.95. The summed E-state index contributed by atoms with van der Waals surface area (Å²) in [6, 6.07) is 13.9. The zero-order valence-corrected chi connectivity index (χ0v) is 19.8. The van der Waals surface area contributed by atoms with E-state index in [9.17, 15) is 4.79 Å². The third kappa shape index (κ3) is 5.56. The van der Waals surface area contributed by atoms with Gasteiger partial charge in [-0.25, -0.2) is 4.79 Å². The van der Waals surface area contributed by atoms with Gasteiger partial charge in [0.15, 0.2) is 0 Å². The van der Waals surface area contributed by atoms with Crippen LogP contribution in [0.5, 0.6) is 0 Å². The van der Waals surface area contributed by atoms with E-state index in [1.807, 2.05) is 35.2 Å². The Kier molecular flexibility index (Phi) is 7.45. The summed E-state index contributed by atoms with van der Waals surface area (Å²) in [5.41, 5.74) is 3.15. The minimum absolute atomic E-state index is 0.0323. The molecule has 5 heteroatoms. The standard InChI is InChI=1S/C26H32Cl2N2O/c1-2-18-15-24(27)23(25(28)16-18)11-10-21-14-19-8-9-20(21)12-13-30(17-19)26(31)29-22-6-4-3-5-7-22/h3-7,15-16,19-21H,2,8-14,17H2,1H3,(H,29,31). The van der Waals surface area contributed by atoms with Gasteiger partial charge in [-0.05, 0) is 98.1 Å². The number of carbonyl (C=O) groups excluding carboxylic acids is 1. The van der Waals surface area contributed by atoms with Crippen LogP contribution in [0.25, 0.3) is 0 Å². The number of rotatable bonds is 5. The van der Waals surface area contributed by atoms with Crippen molar-refractivity contribution >= 4 is 34.9 Å². The van der Waals surface area contributed by atoms with E-state index in [0.29, 0.717) is 17.8 Å². The summed E-state index contributed by atoms with van der Waals surface area (Å²) in [5, 5.41) is 4.68. The van der Waals surface area contributed by atoms with E-state index in [2.05, 4.69) is 24.4 Å². The number of para-hydroxylation sites is 1. The molecule has 1 N–H and O–H groups in total. The number of nitrogens with zero attached hydrogens (tertiary/aromatic N) is 1. The van der Waals surface area contributed by atoms with Gasteiger partial charge in [-0.15, -0.1) is 0 Å². The lowest BCUT2D eigenvalue weighted by Gasteiger charge is -2.42. The van der Waals surface area contributed by atoms with Crippen LogP contribution in [0.4, 0.5) is 10.5 Å². The normalized spacial score (nSPS) is 23.3. The summed E-state index contributed by atoms with van der Waals surface area (Å²) in [6.45, 7) is 3.81. The van der Waals surface area contributed by atoms with E-state index in [-0.39, 0.29) is 6.03 Å². The van der Waals surface area contributed by atoms with Gasteiger partial charge in [0.05, 0.1) is 0 Å². The monoisotopic (exact) mass is 458 g/mol. The van der Waals surface area contributed by atoms with E-state index in [1.165, 1.54) is 24.8 Å². The Bertz CT molecular complexity index is 879. The van der Waals surface area contributed by atoms with Crippen LogP contribution in [0.15, 0.2) is 42.5 Å². The van der Waals surface area contributed by atoms with E-state index in [4.69, 9.17) is 23.2 Å². The molecule has 2 aliphatic heterocycles. The Hall–Kier alpha value is -1.71. The third-order valence-corrected chi connectivity index (χ3v) is 7.86. The van der Waals surface area contributed by atoms with Gasteiger partial charge < -0.3 is 10.2 Å². The number of carbonyl (C=O) groups is 1. The van der Waals surface area contributed by atoms with Crippen molar-refractivity contribution in [3.8, 4) is 0 Å². The van der Waals surface area contributed by atoms with Crippen molar-refractivity contribution in [2.45, 2.75) is 51.9 Å². The fraction of sp³-hybridized carbons (Fsp3) is 0.500. The molecule has 3 aliphatic rings. The molecule has 166 valence electrons. The second-order valence-electron chi connectivity index (χ2n) is 9.16. The van der Waals surface area contributed by atoms with Gasteiger partial charge in [0.1, 0.15) is 0 Å². The molecule has 3 fully saturated rings. The molecule has 3 unspecified atom stereocenters. The fourth-order valence-electron chi connectivity index (χ4n) is 5.38. The van der Waals surface area contributed by atoms with Gasteiger partial charge in [0.25, 0.3) is 0 Å². The minimum atomic E-state index is 0.0323. The maximum Gasteiger partial charge on any atom is 0.321 e. The minimum Gasteiger partial charge on any atom is -0.324 e. The maximum absolute atomic E-state index is 12.8. The summed E-state index contributed by atoms with van der Waals surface area (Å²) in [6.07, 6.45) is 7.79. The first kappa shape index (κ1) is 22.5. The van der Waals surface area contributed by atoms with E-state index in [0.717, 1.165) is 60.1 Å². The number of hydrogen-bond acceptors (Lipinski definition) is 1. The predicted octanol–water partition coefficient (Wildman–Crippen LogP) is 7.46. The highest BCUT2D eigenvalue weighted by Crippen LogP contribution is 2.41. The Morgan fingerprint density at radius 1 is 1.10 bits per heavy atom. The van der Waals surface area contributed by atoms with Gasteiger partial charge in [0, 0.05) is 28.8 Å². The van der Waals surface area contributed by atoms with Gasteiger partial charge in [-0.3, -0.25) is 0 Å². The summed E-state index contributed by atoms with van der Waals surface area (Å²) < 4.78 is 0. The molecule has 2 bridgehead atoms. The van der Waals surface area contributed by atoms with Gasteiger partial charge >= 0.3 is 6.03 Å². The number of fused-ring (bicyclic) bond motifs is 5. The molecule has 2 saturated heterocycles. The second kappa shape index (κ2) is 10.3. The molecule has 1 saturated carbocycles. The number of aryl methyl sites for hydroxylation is 1. The molecule has 2 heterocycles. The van der Waals surface area contributed by atoms with E-state index in [1.54, 1.807) is 0 Å². The SMILES string of the molecule is CCc1cc(Cl)c(CCC2CC3CCC2CCN(C(=O)Nc2ccccc2)C3)c(Cl)c1. The number of amides is 2. The molecule has 0 spiro atoms. The number of anilines is 1. The molecule has 1 aliphatic carbocycles. The lowest BCUT2D eigenvalue weighted by Crippen LogP contribution is -2.44. The van der Waals surface area contributed by atoms with E-state index >= 15 is 0 Å². The third-order valence-electron chi connectivity index (χ3n) is 7.18. The fourth-order valence-corrected chi connectivity index (χ4v) is 6.11. The Balaban J connectivity index is 1.36. The summed E-state index contributed by atoms with van der Waals surface area (Å²) in [4.78, 5) is 14.8. The maximum atomic E-state index is 12.8. The first-order valence-electron chi connectivity index (χ1n) is 11.6. The van der Waals surface area contributed by atoms with E-state index < -0.39 is 0 Å². The largest absolute Gasteiger partial charge is 0.324 e. The van der Waals surface area contributed by atoms with Crippen LogP contribution in [-0.2, 0) is 12.8 Å². The quantitative estimate of drug-likeness (QED) is 0.495. The van der Waals surface area contributed by atoms with Crippen molar-refractivity contribution < 1.29 is 4.79 Å². The van der Waals surface area contributed by atoms with Crippen LogP contribution in [-0.4, -0.2) is 24.0 Å². The lowest BCUT2D eigenvalue weighted by molar-refractivity contribution is 0.0945. The topological polar surface area (TPSA) is 32.3 Å². The first-order chi connectivity index (χ1) is 15.0. The molecular formula is C26H32Cl2N2O. The van der Waals surface area contributed by atoms with Crippen molar-refractivity contribution in [2.24, 2.45) is 17.8 Å². The van der Waals surface area contributed by atoms with Gasteiger partial charge in [-0.2, -0.15) is 0 Å². The van der Waals surface area contributed by atoms with Crippen LogP contribution >= 0.6 is 23.2 Å². The highest BCUT2D eigenvalue weighted by molar-refractivity contribution is 6.36. The number of halogens is 2. The molecule has 2 aromatic carbocycles. The smallest absolute Gasteiger partial charge is 0.321 e. The van der Waals surface area contributed by atoms with Crippen LogP contribution in [0, 0.1) is 17.8 Å². The Morgan fingerprint density at radius 3 is 2.55 bits per heavy atom. The van der Waals surface area contributed by atoms with Crippen molar-refractivity contribution in [1.82, 2.24) is 4.90 Å². The average molecular weight is 459 g/mol. The first-order valence-corrected chi connectivity index (χ1v) is 12.4. The number of hydrogen-bond donors (Lipinski definition) is 1. The number of urea groups is 1. The lowest BCUT2D eigenvalue weighted by atomic mass is 9.69. The Labute approximate surface area is 196 Å². The molecule has 0 radical (unpaired) electrons. The molecule has 0 aromatic heterocycles.